The third-order valence-electron chi connectivity index (χ3n) is 4.57. The van der Waals surface area contributed by atoms with Gasteiger partial charge in [-0.2, -0.15) is 0 Å². The predicted octanol–water partition coefficient (Wildman–Crippen LogP) is 2.97. The SMILES string of the molecule is O=C(NCCN1Cc2cc(Cl)ccc2OCC1=O)c1ccc2[nH]ccc2c1. The Labute approximate surface area is 161 Å². The maximum atomic E-state index is 12.4. The fourth-order valence-corrected chi connectivity index (χ4v) is 3.34. The fourth-order valence-electron chi connectivity index (χ4n) is 3.14. The first-order valence-corrected chi connectivity index (χ1v) is 9.02. The minimum atomic E-state index is -0.167. The van der Waals surface area contributed by atoms with Crippen molar-refractivity contribution in [1.29, 1.82) is 0 Å². The van der Waals surface area contributed by atoms with E-state index in [4.69, 9.17) is 16.3 Å². The molecular weight excluding hydrogens is 366 g/mol. The molecular formula is C20H18ClN3O3. The highest BCUT2D eigenvalue weighted by Gasteiger charge is 2.21. The maximum absolute atomic E-state index is 12.4. The predicted molar refractivity (Wildman–Crippen MR) is 103 cm³/mol. The Kier molecular flexibility index (Phi) is 4.73. The first-order chi connectivity index (χ1) is 13.1. The molecule has 2 amide bonds. The summed E-state index contributed by atoms with van der Waals surface area (Å²) < 4.78 is 5.54. The highest BCUT2D eigenvalue weighted by Crippen LogP contribution is 2.26. The van der Waals surface area contributed by atoms with Crippen LogP contribution < -0.4 is 10.1 Å². The molecule has 6 nitrogen and oxygen atoms in total. The van der Waals surface area contributed by atoms with Crippen molar-refractivity contribution in [1.82, 2.24) is 15.2 Å². The Hall–Kier alpha value is -2.99. The summed E-state index contributed by atoms with van der Waals surface area (Å²) in [7, 11) is 0. The van der Waals surface area contributed by atoms with Gasteiger partial charge in [0.05, 0.1) is 0 Å². The number of nitrogens with zero attached hydrogens (tertiary/aromatic N) is 1. The Morgan fingerprint density at radius 1 is 1.22 bits per heavy atom. The van der Waals surface area contributed by atoms with E-state index in [-0.39, 0.29) is 18.4 Å². The highest BCUT2D eigenvalue weighted by atomic mass is 35.5. The Morgan fingerprint density at radius 3 is 3.00 bits per heavy atom. The van der Waals surface area contributed by atoms with Crippen molar-refractivity contribution in [2.45, 2.75) is 6.54 Å². The number of amides is 2. The summed E-state index contributed by atoms with van der Waals surface area (Å²) in [6.07, 6.45) is 1.84. The topological polar surface area (TPSA) is 74.4 Å². The van der Waals surface area contributed by atoms with Crippen LogP contribution in [0.2, 0.25) is 5.02 Å². The summed E-state index contributed by atoms with van der Waals surface area (Å²) in [5, 5.41) is 4.45. The van der Waals surface area contributed by atoms with Crippen LogP contribution in [0.4, 0.5) is 0 Å². The molecule has 0 saturated carbocycles. The van der Waals surface area contributed by atoms with E-state index >= 15 is 0 Å². The number of aromatic nitrogens is 1. The first-order valence-electron chi connectivity index (χ1n) is 8.64. The Morgan fingerprint density at radius 2 is 2.11 bits per heavy atom. The zero-order chi connectivity index (χ0) is 18.8. The summed E-state index contributed by atoms with van der Waals surface area (Å²) in [5.41, 5.74) is 2.43. The van der Waals surface area contributed by atoms with Crippen molar-refractivity contribution in [2.24, 2.45) is 0 Å². The molecule has 0 spiro atoms. The third-order valence-corrected chi connectivity index (χ3v) is 4.81. The van der Waals surface area contributed by atoms with Crippen LogP contribution in [0.25, 0.3) is 10.9 Å². The number of benzene rings is 2. The van der Waals surface area contributed by atoms with E-state index in [1.807, 2.05) is 24.4 Å². The summed E-state index contributed by atoms with van der Waals surface area (Å²) in [5.74, 6) is 0.379. The normalized spacial score (nSPS) is 13.8. The van der Waals surface area contributed by atoms with Gasteiger partial charge >= 0.3 is 0 Å². The molecule has 0 bridgehead atoms. The van der Waals surface area contributed by atoms with Crippen LogP contribution in [0.3, 0.4) is 0 Å². The molecule has 0 unspecified atom stereocenters. The van der Waals surface area contributed by atoms with Gasteiger partial charge in [0.15, 0.2) is 6.61 Å². The number of H-pyrrole nitrogens is 1. The minimum absolute atomic E-state index is 0.0211. The van der Waals surface area contributed by atoms with Crippen LogP contribution in [0, 0.1) is 0 Å². The minimum Gasteiger partial charge on any atom is -0.483 e. The number of hydrogen-bond acceptors (Lipinski definition) is 3. The highest BCUT2D eigenvalue weighted by molar-refractivity contribution is 6.30. The van der Waals surface area contributed by atoms with Crippen LogP contribution in [-0.4, -0.2) is 41.4 Å². The lowest BCUT2D eigenvalue weighted by atomic mass is 10.1. The van der Waals surface area contributed by atoms with Crippen LogP contribution in [0.15, 0.2) is 48.7 Å². The van der Waals surface area contributed by atoms with Crippen LogP contribution in [-0.2, 0) is 11.3 Å². The van der Waals surface area contributed by atoms with Crippen molar-refractivity contribution in [3.8, 4) is 5.75 Å². The zero-order valence-corrected chi connectivity index (χ0v) is 15.3. The number of carbonyl (C=O) groups excluding carboxylic acids is 2. The van der Waals surface area contributed by atoms with Crippen LogP contribution in [0.1, 0.15) is 15.9 Å². The Bertz CT molecular complexity index is 1010. The van der Waals surface area contributed by atoms with Gasteiger partial charge in [-0.3, -0.25) is 9.59 Å². The summed E-state index contributed by atoms with van der Waals surface area (Å²) in [6.45, 7) is 1.13. The lowest BCUT2D eigenvalue weighted by Crippen LogP contribution is -2.39. The van der Waals surface area contributed by atoms with Gasteiger partial charge in [0.2, 0.25) is 0 Å². The molecule has 1 aliphatic heterocycles. The van der Waals surface area contributed by atoms with Gasteiger partial charge in [0, 0.05) is 52.9 Å². The molecule has 2 N–H and O–H groups in total. The lowest BCUT2D eigenvalue weighted by Gasteiger charge is -2.20. The maximum Gasteiger partial charge on any atom is 0.260 e. The molecule has 0 aliphatic carbocycles. The molecule has 3 aromatic rings. The van der Waals surface area contributed by atoms with E-state index < -0.39 is 0 Å². The number of halogens is 1. The fraction of sp³-hybridized carbons (Fsp3) is 0.200. The molecule has 0 radical (unpaired) electrons. The largest absolute Gasteiger partial charge is 0.483 e. The van der Waals surface area contributed by atoms with E-state index in [1.165, 1.54) is 0 Å². The van der Waals surface area contributed by atoms with Crippen LogP contribution in [0.5, 0.6) is 5.75 Å². The quantitative estimate of drug-likeness (QED) is 0.727. The molecule has 2 heterocycles. The van der Waals surface area contributed by atoms with Gasteiger partial charge in [-0.25, -0.2) is 0 Å². The average Bonchev–Trinajstić information content (AvgIpc) is 3.08. The Balaban J connectivity index is 1.38. The smallest absolute Gasteiger partial charge is 0.260 e. The molecule has 0 saturated heterocycles. The van der Waals surface area contributed by atoms with Crippen LogP contribution >= 0.6 is 11.6 Å². The first kappa shape index (κ1) is 17.4. The van der Waals surface area contributed by atoms with E-state index in [1.54, 1.807) is 29.2 Å². The summed E-state index contributed by atoms with van der Waals surface area (Å²) >= 11 is 6.04. The molecule has 0 fully saturated rings. The number of aromatic amines is 1. The monoisotopic (exact) mass is 383 g/mol. The standard InChI is InChI=1S/C20H18ClN3O3/c21-16-2-4-18-15(10-16)11-24(19(25)12-27-18)8-7-23-20(26)14-1-3-17-13(9-14)5-6-22-17/h1-6,9-10,22H,7-8,11-12H2,(H,23,26). The number of ether oxygens (including phenoxy) is 1. The molecule has 0 atom stereocenters. The van der Waals surface area contributed by atoms with Gasteiger partial charge in [0.1, 0.15) is 5.75 Å². The van der Waals surface area contributed by atoms with E-state index in [2.05, 4.69) is 10.3 Å². The van der Waals surface area contributed by atoms with Gasteiger partial charge in [-0.05, 0) is 42.5 Å². The van der Waals surface area contributed by atoms with Crippen molar-refractivity contribution in [2.75, 3.05) is 19.7 Å². The lowest BCUT2D eigenvalue weighted by molar-refractivity contribution is -0.133. The van der Waals surface area contributed by atoms with E-state index in [9.17, 15) is 9.59 Å². The number of hydrogen-bond donors (Lipinski definition) is 2. The number of nitrogens with one attached hydrogen (secondary N) is 2. The van der Waals surface area contributed by atoms with E-state index in [0.717, 1.165) is 16.5 Å². The molecule has 2 aromatic carbocycles. The van der Waals surface area contributed by atoms with Gasteiger partial charge in [-0.15, -0.1) is 0 Å². The average molecular weight is 384 g/mol. The number of fused-ring (bicyclic) bond motifs is 2. The van der Waals surface area contributed by atoms with Crippen molar-refractivity contribution < 1.29 is 14.3 Å². The third kappa shape index (κ3) is 3.75. The van der Waals surface area contributed by atoms with Gasteiger partial charge < -0.3 is 19.9 Å². The molecule has 1 aromatic heterocycles. The second-order valence-corrected chi connectivity index (χ2v) is 6.83. The summed E-state index contributed by atoms with van der Waals surface area (Å²) in [4.78, 5) is 29.4. The van der Waals surface area contributed by atoms with Crippen molar-refractivity contribution >= 4 is 34.3 Å². The molecule has 138 valence electrons. The van der Waals surface area contributed by atoms with Gasteiger partial charge in [-0.1, -0.05) is 11.6 Å². The molecule has 1 aliphatic rings. The number of carbonyl (C=O) groups is 2. The second-order valence-electron chi connectivity index (χ2n) is 6.39. The number of rotatable bonds is 4. The molecule has 7 heteroatoms. The van der Waals surface area contributed by atoms with E-state index in [0.29, 0.717) is 36.0 Å². The summed E-state index contributed by atoms with van der Waals surface area (Å²) in [6, 6.07) is 12.7. The molecule has 4 rings (SSSR count). The van der Waals surface area contributed by atoms with Crippen molar-refractivity contribution in [3.63, 3.8) is 0 Å². The second kappa shape index (κ2) is 7.32. The zero-order valence-electron chi connectivity index (χ0n) is 14.5. The van der Waals surface area contributed by atoms with Crippen molar-refractivity contribution in [3.05, 3.63) is 64.8 Å². The van der Waals surface area contributed by atoms with Gasteiger partial charge in [0.25, 0.3) is 11.8 Å². The molecule has 27 heavy (non-hydrogen) atoms.